The van der Waals surface area contributed by atoms with E-state index in [9.17, 15) is 15.3 Å². The summed E-state index contributed by atoms with van der Waals surface area (Å²) in [4.78, 5) is 0. The molecule has 5 N–H and O–H groups in total. The van der Waals surface area contributed by atoms with Gasteiger partial charge in [0.15, 0.2) is 23.0 Å². The van der Waals surface area contributed by atoms with Crippen LogP contribution in [0.2, 0.25) is 0 Å². The molecule has 0 radical (unpaired) electrons. The normalized spacial score (nSPS) is 10.8. The Morgan fingerprint density at radius 2 is 1.03 bits per heavy atom. The molecule has 0 heterocycles. The second kappa shape index (κ2) is 8.65. The Kier molecular flexibility index (Phi) is 6.49. The summed E-state index contributed by atoms with van der Waals surface area (Å²) in [6.07, 6.45) is 0. The molecule has 6 nitrogen and oxygen atoms in total. The second-order valence-corrected chi connectivity index (χ2v) is 7.67. The largest absolute Gasteiger partial charge is 0.508 e. The lowest BCUT2D eigenvalue weighted by Crippen LogP contribution is -2.11. The van der Waals surface area contributed by atoms with Crippen LogP contribution in [0.25, 0.3) is 0 Å². The Labute approximate surface area is 169 Å². The maximum absolute atomic E-state index is 9.57. The molecule has 154 valence electrons. The highest BCUT2D eigenvalue weighted by atomic mass is 16.5. The highest BCUT2D eigenvalue weighted by molar-refractivity contribution is 5.47. The SMILES string of the molecule is Cc1ccc(O)c(C(C)(C)C)c1.Oc1ccc(Oc2ccc(O)c(O)c2)cc1O. The molecule has 3 aromatic rings. The third-order valence-electron chi connectivity index (χ3n) is 4.09. The van der Waals surface area contributed by atoms with E-state index < -0.39 is 0 Å². The van der Waals surface area contributed by atoms with Crippen molar-refractivity contribution in [1.29, 1.82) is 0 Å². The number of benzene rings is 3. The molecule has 0 atom stereocenters. The zero-order chi connectivity index (χ0) is 21.8. The zero-order valence-corrected chi connectivity index (χ0v) is 16.8. The first-order valence-electron chi connectivity index (χ1n) is 8.99. The molecule has 3 aromatic carbocycles. The molecule has 6 heteroatoms. The lowest BCUT2D eigenvalue weighted by molar-refractivity contribution is 0.392. The minimum atomic E-state index is -0.300. The minimum Gasteiger partial charge on any atom is -0.508 e. The molecular weight excluding hydrogens is 372 g/mol. The van der Waals surface area contributed by atoms with Gasteiger partial charge in [-0.3, -0.25) is 0 Å². The molecule has 0 aliphatic heterocycles. The van der Waals surface area contributed by atoms with Gasteiger partial charge in [0.2, 0.25) is 0 Å². The number of rotatable bonds is 2. The van der Waals surface area contributed by atoms with E-state index in [2.05, 4.69) is 20.8 Å². The molecular formula is C23H26O6. The average Bonchev–Trinajstić information content (AvgIpc) is 2.63. The van der Waals surface area contributed by atoms with E-state index in [-0.39, 0.29) is 28.4 Å². The third-order valence-corrected chi connectivity index (χ3v) is 4.09. The van der Waals surface area contributed by atoms with E-state index in [0.29, 0.717) is 17.2 Å². The molecule has 3 rings (SSSR count). The van der Waals surface area contributed by atoms with Gasteiger partial charge in [-0.15, -0.1) is 0 Å². The monoisotopic (exact) mass is 398 g/mol. The Morgan fingerprint density at radius 3 is 1.41 bits per heavy atom. The topological polar surface area (TPSA) is 110 Å². The van der Waals surface area contributed by atoms with Gasteiger partial charge in [0.25, 0.3) is 0 Å². The van der Waals surface area contributed by atoms with Gasteiger partial charge in [-0.2, -0.15) is 0 Å². The van der Waals surface area contributed by atoms with Crippen molar-refractivity contribution in [1.82, 2.24) is 0 Å². The number of hydrogen-bond acceptors (Lipinski definition) is 6. The maximum Gasteiger partial charge on any atom is 0.161 e. The summed E-state index contributed by atoms with van der Waals surface area (Å²) in [5.74, 6) is -0.100. The van der Waals surface area contributed by atoms with Crippen LogP contribution >= 0.6 is 0 Å². The molecule has 0 spiro atoms. The average molecular weight is 398 g/mol. The molecule has 0 unspecified atom stereocenters. The van der Waals surface area contributed by atoms with Crippen LogP contribution < -0.4 is 4.74 Å². The Balaban J connectivity index is 0.000000221. The summed E-state index contributed by atoms with van der Waals surface area (Å²) in [5.41, 5.74) is 2.23. The summed E-state index contributed by atoms with van der Waals surface area (Å²) in [5, 5.41) is 46.3. The van der Waals surface area contributed by atoms with Gasteiger partial charge in [-0.05, 0) is 48.2 Å². The Hall–Kier alpha value is -3.54. The Bertz CT molecular complexity index is 940. The lowest BCUT2D eigenvalue weighted by atomic mass is 9.85. The van der Waals surface area contributed by atoms with E-state index in [1.54, 1.807) is 6.07 Å². The first-order valence-corrected chi connectivity index (χ1v) is 8.99. The maximum atomic E-state index is 9.57. The Morgan fingerprint density at radius 1 is 0.586 bits per heavy atom. The molecule has 0 amide bonds. The van der Waals surface area contributed by atoms with Crippen molar-refractivity contribution >= 4 is 0 Å². The van der Waals surface area contributed by atoms with Gasteiger partial charge in [0.05, 0.1) is 0 Å². The molecule has 0 bridgehead atoms. The number of phenols is 5. The van der Waals surface area contributed by atoms with Crippen molar-refractivity contribution in [3.63, 3.8) is 0 Å². The van der Waals surface area contributed by atoms with Crippen molar-refractivity contribution < 1.29 is 30.3 Å². The molecule has 0 saturated heterocycles. The van der Waals surface area contributed by atoms with Gasteiger partial charge < -0.3 is 30.3 Å². The number of aryl methyl sites for hydroxylation is 1. The van der Waals surface area contributed by atoms with E-state index in [0.717, 1.165) is 5.56 Å². The van der Waals surface area contributed by atoms with Crippen molar-refractivity contribution in [2.75, 3.05) is 0 Å². The molecule has 0 fully saturated rings. The van der Waals surface area contributed by atoms with Crippen molar-refractivity contribution in [2.45, 2.75) is 33.1 Å². The van der Waals surface area contributed by atoms with E-state index in [1.165, 1.54) is 42.0 Å². The first kappa shape index (κ1) is 21.8. The van der Waals surface area contributed by atoms with Crippen LogP contribution in [0.15, 0.2) is 54.6 Å². The zero-order valence-electron chi connectivity index (χ0n) is 16.8. The van der Waals surface area contributed by atoms with E-state index in [4.69, 9.17) is 14.9 Å². The van der Waals surface area contributed by atoms with Crippen LogP contribution in [0.4, 0.5) is 0 Å². The van der Waals surface area contributed by atoms with E-state index >= 15 is 0 Å². The van der Waals surface area contributed by atoms with Gasteiger partial charge in [-0.25, -0.2) is 0 Å². The summed E-state index contributed by atoms with van der Waals surface area (Å²) in [6, 6.07) is 13.7. The second-order valence-electron chi connectivity index (χ2n) is 7.67. The third kappa shape index (κ3) is 5.97. The predicted octanol–water partition coefficient (Wildman–Crippen LogP) is 5.30. The highest BCUT2D eigenvalue weighted by Gasteiger charge is 2.17. The molecule has 0 aliphatic carbocycles. The summed E-state index contributed by atoms with van der Waals surface area (Å²) in [6.45, 7) is 8.33. The molecule has 0 aromatic heterocycles. The number of phenolic OH excluding ortho intramolecular Hbond substituents is 5. The van der Waals surface area contributed by atoms with Gasteiger partial charge in [0, 0.05) is 12.1 Å². The minimum absolute atomic E-state index is 0.0239. The molecule has 0 saturated carbocycles. The number of ether oxygens (including phenoxy) is 1. The fourth-order valence-corrected chi connectivity index (χ4v) is 2.52. The smallest absolute Gasteiger partial charge is 0.161 e. The summed E-state index contributed by atoms with van der Waals surface area (Å²) in [7, 11) is 0. The van der Waals surface area contributed by atoms with Crippen LogP contribution in [0.5, 0.6) is 40.2 Å². The van der Waals surface area contributed by atoms with Crippen LogP contribution in [0, 0.1) is 6.92 Å². The molecule has 29 heavy (non-hydrogen) atoms. The lowest BCUT2D eigenvalue weighted by Gasteiger charge is -2.20. The van der Waals surface area contributed by atoms with Gasteiger partial charge in [0.1, 0.15) is 17.2 Å². The quantitative estimate of drug-likeness (QED) is 0.375. The van der Waals surface area contributed by atoms with Crippen LogP contribution in [0.3, 0.4) is 0 Å². The molecule has 0 aliphatic rings. The number of aromatic hydroxyl groups is 5. The summed E-state index contributed by atoms with van der Waals surface area (Å²) < 4.78 is 5.31. The number of hydrogen-bond donors (Lipinski definition) is 5. The fourth-order valence-electron chi connectivity index (χ4n) is 2.52. The standard InChI is InChI=1S/C12H10O5.C11H16O/c13-9-3-1-7(5-11(9)15)17-8-2-4-10(14)12(16)6-8;1-8-5-6-10(12)9(7-8)11(2,3)4/h1-6,13-16H;5-7,12H,1-4H3. The van der Waals surface area contributed by atoms with Crippen molar-refractivity contribution in [3.05, 3.63) is 65.7 Å². The highest BCUT2D eigenvalue weighted by Crippen LogP contribution is 2.34. The predicted molar refractivity (Wildman–Crippen MR) is 111 cm³/mol. The van der Waals surface area contributed by atoms with Crippen molar-refractivity contribution in [3.8, 4) is 40.2 Å². The van der Waals surface area contributed by atoms with E-state index in [1.807, 2.05) is 19.1 Å². The fraction of sp³-hybridized carbons (Fsp3) is 0.217. The first-order chi connectivity index (χ1) is 13.5. The summed E-state index contributed by atoms with van der Waals surface area (Å²) >= 11 is 0. The van der Waals surface area contributed by atoms with Crippen LogP contribution in [-0.2, 0) is 5.41 Å². The van der Waals surface area contributed by atoms with Crippen molar-refractivity contribution in [2.24, 2.45) is 0 Å². The van der Waals surface area contributed by atoms with Crippen LogP contribution in [0.1, 0.15) is 31.9 Å². The van der Waals surface area contributed by atoms with Gasteiger partial charge in [-0.1, -0.05) is 38.5 Å². The van der Waals surface area contributed by atoms with Gasteiger partial charge >= 0.3 is 0 Å². The van der Waals surface area contributed by atoms with Crippen LogP contribution in [-0.4, -0.2) is 25.5 Å².